The minimum absolute atomic E-state index is 0.0542. The molecule has 0 fully saturated rings. The lowest BCUT2D eigenvalue weighted by atomic mass is 10.2. The zero-order valence-corrected chi connectivity index (χ0v) is 13.0. The van der Waals surface area contributed by atoms with Crippen molar-refractivity contribution in [2.45, 2.75) is 18.4 Å². The van der Waals surface area contributed by atoms with Crippen LogP contribution in [0.15, 0.2) is 51.8 Å². The van der Waals surface area contributed by atoms with E-state index >= 15 is 0 Å². The summed E-state index contributed by atoms with van der Waals surface area (Å²) in [5, 5.41) is 0. The van der Waals surface area contributed by atoms with Crippen LogP contribution < -0.4 is 0 Å². The first-order valence-corrected chi connectivity index (χ1v) is 7.98. The van der Waals surface area contributed by atoms with E-state index in [9.17, 15) is 12.8 Å². The fourth-order valence-corrected chi connectivity index (χ4v) is 2.86. The Bertz CT molecular complexity index is 712. The Kier molecular flexibility index (Phi) is 4.57. The van der Waals surface area contributed by atoms with Crippen LogP contribution in [-0.2, 0) is 20.9 Å². The van der Waals surface area contributed by atoms with Crippen molar-refractivity contribution in [1.82, 2.24) is 0 Å². The van der Waals surface area contributed by atoms with E-state index in [2.05, 4.69) is 15.9 Å². The fraction of sp³-hybridized carbons (Fsp3) is 0.143. The summed E-state index contributed by atoms with van der Waals surface area (Å²) in [6.45, 7) is 1.51. The molecule has 0 unspecified atom stereocenters. The summed E-state index contributed by atoms with van der Waals surface area (Å²) in [6, 6.07) is 10.5. The summed E-state index contributed by atoms with van der Waals surface area (Å²) < 4.78 is 43.0. The molecule has 0 heterocycles. The van der Waals surface area contributed by atoms with Gasteiger partial charge in [0, 0.05) is 10.0 Å². The van der Waals surface area contributed by atoms with Gasteiger partial charge in [0.05, 0.1) is 11.5 Å². The summed E-state index contributed by atoms with van der Waals surface area (Å²) in [5.41, 5.74) is 1.12. The van der Waals surface area contributed by atoms with E-state index in [1.165, 1.54) is 30.3 Å². The quantitative estimate of drug-likeness (QED) is 0.780. The molecule has 6 heteroatoms. The number of hydrogen-bond acceptors (Lipinski definition) is 3. The van der Waals surface area contributed by atoms with Crippen molar-refractivity contribution in [3.05, 3.63) is 63.9 Å². The molecule has 3 nitrogen and oxygen atoms in total. The molecule has 0 aliphatic carbocycles. The minimum atomic E-state index is -3.89. The topological polar surface area (TPSA) is 43.4 Å². The Balaban J connectivity index is 2.17. The predicted octanol–water partition coefficient (Wildman–Crippen LogP) is 3.80. The number of hydrogen-bond donors (Lipinski definition) is 0. The van der Waals surface area contributed by atoms with E-state index < -0.39 is 15.9 Å². The number of rotatable bonds is 4. The molecule has 0 saturated heterocycles. The van der Waals surface area contributed by atoms with Gasteiger partial charge in [0.1, 0.15) is 5.82 Å². The average Bonchev–Trinajstić information content (AvgIpc) is 2.40. The van der Waals surface area contributed by atoms with Gasteiger partial charge in [-0.3, -0.25) is 4.18 Å². The third kappa shape index (κ3) is 3.65. The second-order valence-electron chi connectivity index (χ2n) is 4.27. The lowest BCUT2D eigenvalue weighted by Gasteiger charge is -2.07. The highest BCUT2D eigenvalue weighted by Crippen LogP contribution is 2.19. The maximum atomic E-state index is 13.5. The molecular formula is C14H12BrFO3S. The van der Waals surface area contributed by atoms with E-state index in [1.807, 2.05) is 6.92 Å². The molecule has 20 heavy (non-hydrogen) atoms. The monoisotopic (exact) mass is 358 g/mol. The summed E-state index contributed by atoms with van der Waals surface area (Å²) in [5.74, 6) is -0.507. The van der Waals surface area contributed by atoms with Gasteiger partial charge in [-0.05, 0) is 37.3 Å². The highest BCUT2D eigenvalue weighted by Gasteiger charge is 2.16. The maximum Gasteiger partial charge on any atom is 0.297 e. The number of benzene rings is 2. The first-order chi connectivity index (χ1) is 9.38. The van der Waals surface area contributed by atoms with Crippen molar-refractivity contribution in [3.8, 4) is 0 Å². The van der Waals surface area contributed by atoms with Crippen LogP contribution in [0.5, 0.6) is 0 Å². The van der Waals surface area contributed by atoms with Crippen LogP contribution in [0.25, 0.3) is 0 Å². The van der Waals surface area contributed by atoms with Gasteiger partial charge in [-0.25, -0.2) is 4.39 Å². The van der Waals surface area contributed by atoms with Gasteiger partial charge >= 0.3 is 0 Å². The molecule has 106 valence electrons. The average molecular weight is 359 g/mol. The summed E-state index contributed by atoms with van der Waals surface area (Å²) in [4.78, 5) is 0.0542. The van der Waals surface area contributed by atoms with Crippen molar-refractivity contribution in [2.75, 3.05) is 0 Å². The fourth-order valence-electron chi connectivity index (χ4n) is 1.57. The van der Waals surface area contributed by atoms with Crippen LogP contribution >= 0.6 is 15.9 Å². The molecule has 2 aromatic carbocycles. The molecule has 0 radical (unpaired) electrons. The van der Waals surface area contributed by atoms with E-state index in [0.29, 0.717) is 4.47 Å². The molecule has 0 atom stereocenters. The molecule has 2 rings (SSSR count). The smallest absolute Gasteiger partial charge is 0.261 e. The Hall–Kier alpha value is -1.24. The van der Waals surface area contributed by atoms with Crippen LogP contribution in [0.2, 0.25) is 0 Å². The van der Waals surface area contributed by atoms with Crippen LogP contribution in [-0.4, -0.2) is 8.42 Å². The first kappa shape index (κ1) is 15.2. The van der Waals surface area contributed by atoms with Crippen LogP contribution in [0, 0.1) is 12.7 Å². The Morgan fingerprint density at radius 3 is 2.45 bits per heavy atom. The van der Waals surface area contributed by atoms with Gasteiger partial charge in [-0.1, -0.05) is 33.6 Å². The van der Waals surface area contributed by atoms with Gasteiger partial charge in [0.25, 0.3) is 10.1 Å². The highest BCUT2D eigenvalue weighted by atomic mass is 79.9. The van der Waals surface area contributed by atoms with Crippen molar-refractivity contribution in [2.24, 2.45) is 0 Å². The third-order valence-corrected chi connectivity index (χ3v) is 4.46. The molecule has 0 aliphatic rings. The van der Waals surface area contributed by atoms with Gasteiger partial charge in [-0.15, -0.1) is 0 Å². The Labute approximate surface area is 125 Å². The molecule has 0 N–H and O–H groups in total. The molecule has 0 amide bonds. The lowest BCUT2D eigenvalue weighted by molar-refractivity contribution is 0.302. The minimum Gasteiger partial charge on any atom is -0.261 e. The molecule has 0 aromatic heterocycles. The SMILES string of the molecule is Cc1ccc(S(=O)(=O)OCc2cc(Br)ccc2F)cc1. The zero-order chi connectivity index (χ0) is 14.8. The van der Waals surface area contributed by atoms with Crippen molar-refractivity contribution < 1.29 is 17.0 Å². The largest absolute Gasteiger partial charge is 0.297 e. The van der Waals surface area contributed by atoms with Gasteiger partial charge in [0.2, 0.25) is 0 Å². The molecule has 0 bridgehead atoms. The van der Waals surface area contributed by atoms with Crippen molar-refractivity contribution >= 4 is 26.0 Å². The van der Waals surface area contributed by atoms with Gasteiger partial charge < -0.3 is 0 Å². The highest BCUT2D eigenvalue weighted by molar-refractivity contribution is 9.10. The predicted molar refractivity (Wildman–Crippen MR) is 77.3 cm³/mol. The maximum absolute atomic E-state index is 13.5. The van der Waals surface area contributed by atoms with Gasteiger partial charge in [0.15, 0.2) is 0 Å². The van der Waals surface area contributed by atoms with Gasteiger partial charge in [-0.2, -0.15) is 8.42 Å². The molecule has 0 spiro atoms. The molecule has 0 aliphatic heterocycles. The zero-order valence-electron chi connectivity index (χ0n) is 10.6. The van der Waals surface area contributed by atoms with Crippen molar-refractivity contribution in [3.63, 3.8) is 0 Å². The number of aryl methyl sites for hydroxylation is 1. The van der Waals surface area contributed by atoms with E-state index in [0.717, 1.165) is 5.56 Å². The van der Waals surface area contributed by atoms with Crippen LogP contribution in [0.4, 0.5) is 4.39 Å². The third-order valence-electron chi connectivity index (χ3n) is 2.69. The second kappa shape index (κ2) is 6.03. The molecule has 0 saturated carbocycles. The van der Waals surface area contributed by atoms with E-state index in [-0.39, 0.29) is 17.1 Å². The number of halogens is 2. The van der Waals surface area contributed by atoms with Crippen LogP contribution in [0.1, 0.15) is 11.1 Å². The van der Waals surface area contributed by atoms with E-state index in [4.69, 9.17) is 4.18 Å². The summed E-state index contributed by atoms with van der Waals surface area (Å²) >= 11 is 3.20. The van der Waals surface area contributed by atoms with Crippen LogP contribution in [0.3, 0.4) is 0 Å². The van der Waals surface area contributed by atoms with E-state index in [1.54, 1.807) is 12.1 Å². The first-order valence-electron chi connectivity index (χ1n) is 5.78. The standard InChI is InChI=1S/C14H12BrFO3S/c1-10-2-5-13(6-3-10)20(17,18)19-9-11-8-12(15)4-7-14(11)16/h2-8H,9H2,1H3. The lowest BCUT2D eigenvalue weighted by Crippen LogP contribution is -2.07. The molecule has 2 aromatic rings. The molecular weight excluding hydrogens is 347 g/mol. The van der Waals surface area contributed by atoms with Crippen molar-refractivity contribution in [1.29, 1.82) is 0 Å². The Morgan fingerprint density at radius 2 is 1.80 bits per heavy atom. The summed E-state index contributed by atoms with van der Waals surface area (Å²) in [6.07, 6.45) is 0. The second-order valence-corrected chi connectivity index (χ2v) is 6.80. The Morgan fingerprint density at radius 1 is 1.15 bits per heavy atom. The summed E-state index contributed by atoms with van der Waals surface area (Å²) in [7, 11) is -3.89. The normalized spacial score (nSPS) is 11.6.